The predicted octanol–water partition coefficient (Wildman–Crippen LogP) is 4.25. The minimum atomic E-state index is -3.65. The standard InChI is InChI=1S/C21H25ClN2O3S/c1-24(2)28(26,27)17-12-13-19(22)18(14-17)21(25)23-20(16-10-6-7-11-16)15-8-4-3-5-9-15/h3-5,8-9,12-14,16,20H,6-7,10-11H2,1-2H3,(H,23,25). The SMILES string of the molecule is CN(C)S(=O)(=O)c1ccc(Cl)c(C(=O)NC(c2ccccc2)C2CCCC2)c1. The number of hydrogen-bond donors (Lipinski definition) is 1. The van der Waals surface area contributed by atoms with E-state index in [1.54, 1.807) is 0 Å². The Morgan fingerprint density at radius 3 is 2.36 bits per heavy atom. The van der Waals surface area contributed by atoms with E-state index in [4.69, 9.17) is 11.6 Å². The minimum absolute atomic E-state index is 0.0455. The first-order valence-corrected chi connectivity index (χ1v) is 11.2. The molecule has 1 atom stereocenters. The van der Waals surface area contributed by atoms with E-state index in [0.29, 0.717) is 5.92 Å². The van der Waals surface area contributed by atoms with Gasteiger partial charge in [-0.2, -0.15) is 0 Å². The van der Waals surface area contributed by atoms with E-state index in [-0.39, 0.29) is 27.4 Å². The molecule has 0 saturated heterocycles. The molecule has 3 rings (SSSR count). The van der Waals surface area contributed by atoms with E-state index in [9.17, 15) is 13.2 Å². The summed E-state index contributed by atoms with van der Waals surface area (Å²) in [5.74, 6) is 0.000347. The molecule has 0 bridgehead atoms. The van der Waals surface area contributed by atoms with Crippen molar-refractivity contribution >= 4 is 27.5 Å². The molecule has 0 spiro atoms. The van der Waals surface area contributed by atoms with Crippen molar-refractivity contribution in [3.8, 4) is 0 Å². The first-order chi connectivity index (χ1) is 13.3. The number of nitrogens with zero attached hydrogens (tertiary/aromatic N) is 1. The molecule has 2 aromatic carbocycles. The van der Waals surface area contributed by atoms with Gasteiger partial charge in [0.15, 0.2) is 0 Å². The second-order valence-corrected chi connectivity index (χ2v) is 9.89. The number of benzene rings is 2. The molecule has 1 amide bonds. The van der Waals surface area contributed by atoms with Crippen LogP contribution in [0.2, 0.25) is 5.02 Å². The van der Waals surface area contributed by atoms with Gasteiger partial charge in [-0.05, 0) is 42.5 Å². The third kappa shape index (κ3) is 4.40. The van der Waals surface area contributed by atoms with Crippen LogP contribution in [0, 0.1) is 5.92 Å². The highest BCUT2D eigenvalue weighted by Gasteiger charge is 2.29. The molecule has 28 heavy (non-hydrogen) atoms. The smallest absolute Gasteiger partial charge is 0.253 e. The number of nitrogens with one attached hydrogen (secondary N) is 1. The Bertz CT molecular complexity index is 939. The average Bonchev–Trinajstić information content (AvgIpc) is 3.21. The molecule has 5 nitrogen and oxygen atoms in total. The fourth-order valence-corrected chi connectivity index (χ4v) is 4.82. The van der Waals surface area contributed by atoms with Crippen LogP contribution in [-0.2, 0) is 10.0 Å². The first kappa shape index (κ1) is 20.8. The van der Waals surface area contributed by atoms with Gasteiger partial charge in [0.1, 0.15) is 0 Å². The third-order valence-corrected chi connectivity index (χ3v) is 7.42. The molecule has 1 saturated carbocycles. The summed E-state index contributed by atoms with van der Waals surface area (Å²) in [6.45, 7) is 0. The van der Waals surface area contributed by atoms with Gasteiger partial charge in [-0.1, -0.05) is 54.8 Å². The Labute approximate surface area is 171 Å². The number of halogens is 1. The summed E-state index contributed by atoms with van der Waals surface area (Å²) in [6.07, 6.45) is 4.42. The number of sulfonamides is 1. The van der Waals surface area contributed by atoms with Gasteiger partial charge < -0.3 is 5.32 Å². The summed E-state index contributed by atoms with van der Waals surface area (Å²) >= 11 is 6.24. The van der Waals surface area contributed by atoms with Gasteiger partial charge in [-0.25, -0.2) is 12.7 Å². The lowest BCUT2D eigenvalue weighted by Crippen LogP contribution is -2.33. The van der Waals surface area contributed by atoms with E-state index >= 15 is 0 Å². The number of rotatable bonds is 6. The molecular formula is C21H25ClN2O3S. The Balaban J connectivity index is 1.92. The molecule has 0 heterocycles. The van der Waals surface area contributed by atoms with Crippen LogP contribution in [0.15, 0.2) is 53.4 Å². The summed E-state index contributed by atoms with van der Waals surface area (Å²) in [5.41, 5.74) is 1.22. The second kappa shape index (κ2) is 8.64. The number of carbonyl (C=O) groups is 1. The maximum Gasteiger partial charge on any atom is 0.253 e. The van der Waals surface area contributed by atoms with Crippen LogP contribution in [0.1, 0.15) is 47.6 Å². The molecule has 7 heteroatoms. The van der Waals surface area contributed by atoms with Gasteiger partial charge in [0.05, 0.1) is 21.5 Å². The zero-order chi connectivity index (χ0) is 20.3. The van der Waals surface area contributed by atoms with Crippen LogP contribution in [0.4, 0.5) is 0 Å². The number of hydrogen-bond acceptors (Lipinski definition) is 3. The van der Waals surface area contributed by atoms with Crippen LogP contribution in [0.25, 0.3) is 0 Å². The van der Waals surface area contributed by atoms with Gasteiger partial charge in [0.25, 0.3) is 5.91 Å². The summed E-state index contributed by atoms with van der Waals surface area (Å²) in [4.78, 5) is 13.1. The van der Waals surface area contributed by atoms with Gasteiger partial charge >= 0.3 is 0 Å². The molecule has 1 aliphatic carbocycles. The summed E-state index contributed by atoms with van der Waals surface area (Å²) < 4.78 is 26.0. The maximum atomic E-state index is 13.1. The molecular weight excluding hydrogens is 396 g/mol. The van der Waals surface area contributed by atoms with Crippen LogP contribution in [-0.4, -0.2) is 32.7 Å². The molecule has 1 fully saturated rings. The van der Waals surface area contributed by atoms with Crippen molar-refractivity contribution in [1.29, 1.82) is 0 Å². The maximum absolute atomic E-state index is 13.1. The van der Waals surface area contributed by atoms with Crippen LogP contribution in [0.5, 0.6) is 0 Å². The van der Waals surface area contributed by atoms with Crippen LogP contribution < -0.4 is 5.32 Å². The molecule has 1 unspecified atom stereocenters. The van der Waals surface area contributed by atoms with E-state index in [1.807, 2.05) is 30.3 Å². The highest BCUT2D eigenvalue weighted by Crippen LogP contribution is 2.36. The Kier molecular flexibility index (Phi) is 6.43. The lowest BCUT2D eigenvalue weighted by atomic mass is 9.91. The fraction of sp³-hybridized carbons (Fsp3) is 0.381. The van der Waals surface area contributed by atoms with Gasteiger partial charge in [-0.3, -0.25) is 4.79 Å². The first-order valence-electron chi connectivity index (χ1n) is 9.38. The van der Waals surface area contributed by atoms with E-state index in [2.05, 4.69) is 5.32 Å². The molecule has 0 aromatic heterocycles. The Morgan fingerprint density at radius 1 is 1.11 bits per heavy atom. The largest absolute Gasteiger partial charge is 0.345 e. The molecule has 0 aliphatic heterocycles. The van der Waals surface area contributed by atoms with Crippen molar-refractivity contribution in [2.75, 3.05) is 14.1 Å². The van der Waals surface area contributed by atoms with Crippen molar-refractivity contribution in [2.24, 2.45) is 5.92 Å². The van der Waals surface area contributed by atoms with Crippen molar-refractivity contribution in [3.05, 3.63) is 64.7 Å². The predicted molar refractivity (Wildman–Crippen MR) is 111 cm³/mol. The van der Waals surface area contributed by atoms with Crippen LogP contribution >= 0.6 is 11.6 Å². The number of amides is 1. The summed E-state index contributed by atoms with van der Waals surface area (Å²) in [6, 6.07) is 14.0. The molecule has 0 radical (unpaired) electrons. The molecule has 1 aliphatic rings. The molecule has 2 aromatic rings. The summed E-state index contributed by atoms with van der Waals surface area (Å²) in [7, 11) is -0.744. The Morgan fingerprint density at radius 2 is 1.75 bits per heavy atom. The fourth-order valence-electron chi connectivity index (χ4n) is 3.69. The highest BCUT2D eigenvalue weighted by atomic mass is 35.5. The normalized spacial score (nSPS) is 16.3. The number of carbonyl (C=O) groups excluding carboxylic acids is 1. The topological polar surface area (TPSA) is 66.5 Å². The lowest BCUT2D eigenvalue weighted by Gasteiger charge is -2.25. The second-order valence-electron chi connectivity index (χ2n) is 7.34. The zero-order valence-electron chi connectivity index (χ0n) is 16.1. The van der Waals surface area contributed by atoms with E-state index in [0.717, 1.165) is 35.6 Å². The monoisotopic (exact) mass is 420 g/mol. The van der Waals surface area contributed by atoms with Crippen molar-refractivity contribution in [3.63, 3.8) is 0 Å². The molecule has 1 N–H and O–H groups in total. The van der Waals surface area contributed by atoms with E-state index in [1.165, 1.54) is 32.3 Å². The van der Waals surface area contributed by atoms with Crippen molar-refractivity contribution in [1.82, 2.24) is 9.62 Å². The van der Waals surface area contributed by atoms with Gasteiger partial charge in [0.2, 0.25) is 10.0 Å². The highest BCUT2D eigenvalue weighted by molar-refractivity contribution is 7.89. The summed E-state index contributed by atoms with van der Waals surface area (Å²) in [5, 5.41) is 3.34. The van der Waals surface area contributed by atoms with Gasteiger partial charge in [-0.15, -0.1) is 0 Å². The minimum Gasteiger partial charge on any atom is -0.345 e. The van der Waals surface area contributed by atoms with Crippen molar-refractivity contribution in [2.45, 2.75) is 36.6 Å². The van der Waals surface area contributed by atoms with Gasteiger partial charge in [0, 0.05) is 14.1 Å². The quantitative estimate of drug-likeness (QED) is 0.759. The third-order valence-electron chi connectivity index (χ3n) is 5.28. The Hall–Kier alpha value is -1.89. The molecule has 150 valence electrons. The van der Waals surface area contributed by atoms with Crippen LogP contribution in [0.3, 0.4) is 0 Å². The lowest BCUT2D eigenvalue weighted by molar-refractivity contribution is 0.0921. The van der Waals surface area contributed by atoms with E-state index < -0.39 is 10.0 Å². The van der Waals surface area contributed by atoms with Crippen molar-refractivity contribution < 1.29 is 13.2 Å². The zero-order valence-corrected chi connectivity index (χ0v) is 17.6. The average molecular weight is 421 g/mol.